The van der Waals surface area contributed by atoms with Crippen molar-refractivity contribution < 1.29 is 4.74 Å². The standard InChI is InChI=1S/C26H25NO/c1-4-10-18(5-2)22-15-20(19-11-7-6-8-12-19)16-25-26(22)23-17-21(28-3)13-9-14-24(23)27-25/h4-8,10-17,27H,9H2,1-3H3/b10-4-,18-5+. The largest absolute Gasteiger partial charge is 0.497 e. The van der Waals surface area contributed by atoms with E-state index in [2.05, 4.69) is 97.8 Å². The molecule has 1 aliphatic carbocycles. The molecule has 0 atom stereocenters. The maximum absolute atomic E-state index is 5.56. The van der Waals surface area contributed by atoms with Crippen LogP contribution in [0.25, 0.3) is 39.8 Å². The first-order valence-corrected chi connectivity index (χ1v) is 9.71. The Morgan fingerprint density at radius 2 is 1.86 bits per heavy atom. The first-order valence-electron chi connectivity index (χ1n) is 9.71. The summed E-state index contributed by atoms with van der Waals surface area (Å²) >= 11 is 0. The number of aromatic nitrogens is 1. The minimum atomic E-state index is 0.853. The van der Waals surface area contributed by atoms with Gasteiger partial charge in [-0.2, -0.15) is 0 Å². The Kier molecular flexibility index (Phi) is 5.03. The smallest absolute Gasteiger partial charge is 0.115 e. The maximum atomic E-state index is 5.56. The zero-order chi connectivity index (χ0) is 19.5. The molecule has 2 heteroatoms. The molecule has 2 aromatic carbocycles. The predicted octanol–water partition coefficient (Wildman–Crippen LogP) is 5.31. The molecule has 28 heavy (non-hydrogen) atoms. The molecule has 0 radical (unpaired) electrons. The summed E-state index contributed by atoms with van der Waals surface area (Å²) in [6, 6.07) is 15.1. The Hall–Kier alpha value is -3.26. The molecule has 0 amide bonds. The van der Waals surface area contributed by atoms with E-state index in [1.165, 1.54) is 32.9 Å². The van der Waals surface area contributed by atoms with Crippen molar-refractivity contribution >= 4 is 28.6 Å². The number of benzene rings is 2. The van der Waals surface area contributed by atoms with Gasteiger partial charge in [-0.05, 0) is 66.8 Å². The molecule has 1 heterocycles. The van der Waals surface area contributed by atoms with Gasteiger partial charge in [0.25, 0.3) is 0 Å². The summed E-state index contributed by atoms with van der Waals surface area (Å²) in [6.07, 6.45) is 13.8. The fraction of sp³-hybridized carbons (Fsp3) is 0.154. The average molecular weight is 367 g/mol. The van der Waals surface area contributed by atoms with E-state index in [0.717, 1.165) is 23.0 Å². The van der Waals surface area contributed by atoms with E-state index in [-0.39, 0.29) is 0 Å². The number of hydrogen-bond acceptors (Lipinski definition) is 1. The van der Waals surface area contributed by atoms with Crippen LogP contribution in [0, 0.1) is 0 Å². The van der Waals surface area contributed by atoms with E-state index in [1.54, 1.807) is 7.11 Å². The van der Waals surface area contributed by atoms with Crippen LogP contribution >= 0.6 is 0 Å². The van der Waals surface area contributed by atoms with E-state index in [1.807, 2.05) is 0 Å². The normalized spacial score (nSPS) is 14.2. The summed E-state index contributed by atoms with van der Waals surface area (Å²) < 4.78 is 5.56. The number of H-pyrrole nitrogens is 1. The molecule has 0 aliphatic heterocycles. The summed E-state index contributed by atoms with van der Waals surface area (Å²) in [5.74, 6) is 0.905. The summed E-state index contributed by atoms with van der Waals surface area (Å²) in [5, 5.41) is 3.58. The lowest BCUT2D eigenvalue weighted by molar-refractivity contribution is 0.312. The van der Waals surface area contributed by atoms with Gasteiger partial charge in [-0.3, -0.25) is 0 Å². The second-order valence-corrected chi connectivity index (χ2v) is 6.90. The molecule has 1 aromatic heterocycles. The van der Waals surface area contributed by atoms with Crippen LogP contribution in [0.5, 0.6) is 0 Å². The molecule has 0 saturated heterocycles. The van der Waals surface area contributed by atoms with Gasteiger partial charge in [0.1, 0.15) is 5.76 Å². The number of allylic oxidation sites excluding steroid dienone is 6. The molecule has 0 unspecified atom stereocenters. The molecule has 2 nitrogen and oxygen atoms in total. The Bertz CT molecular complexity index is 1220. The van der Waals surface area contributed by atoms with Gasteiger partial charge in [-0.25, -0.2) is 0 Å². The lowest BCUT2D eigenvalue weighted by Gasteiger charge is -2.10. The molecule has 0 spiro atoms. The molecule has 0 fully saturated rings. The van der Waals surface area contributed by atoms with E-state index in [0.29, 0.717) is 0 Å². The van der Waals surface area contributed by atoms with Crippen molar-refractivity contribution in [1.82, 2.24) is 4.98 Å². The average Bonchev–Trinajstić information content (AvgIpc) is 2.95. The van der Waals surface area contributed by atoms with E-state index >= 15 is 0 Å². The van der Waals surface area contributed by atoms with Crippen LogP contribution in [0.2, 0.25) is 0 Å². The third kappa shape index (κ3) is 3.22. The Morgan fingerprint density at radius 3 is 2.57 bits per heavy atom. The van der Waals surface area contributed by atoms with Crippen molar-refractivity contribution in [3.63, 3.8) is 0 Å². The van der Waals surface area contributed by atoms with Gasteiger partial charge >= 0.3 is 0 Å². The molecular formula is C26H25NO. The second-order valence-electron chi connectivity index (χ2n) is 6.90. The van der Waals surface area contributed by atoms with Crippen molar-refractivity contribution in [2.75, 3.05) is 7.11 Å². The lowest BCUT2D eigenvalue weighted by atomic mass is 9.94. The second kappa shape index (κ2) is 7.77. The predicted molar refractivity (Wildman–Crippen MR) is 120 cm³/mol. The summed E-state index contributed by atoms with van der Waals surface area (Å²) in [7, 11) is 1.73. The minimum Gasteiger partial charge on any atom is -0.497 e. The van der Waals surface area contributed by atoms with Crippen molar-refractivity contribution in [3.8, 4) is 11.1 Å². The molecule has 1 N–H and O–H groups in total. The molecule has 3 aromatic rings. The first-order chi connectivity index (χ1) is 13.7. The van der Waals surface area contributed by atoms with Crippen LogP contribution in [0.1, 0.15) is 25.8 Å². The fourth-order valence-electron chi connectivity index (χ4n) is 3.87. The Balaban J connectivity index is 2.11. The number of methoxy groups -OCH3 is 1. The van der Waals surface area contributed by atoms with E-state index in [4.69, 9.17) is 4.74 Å². The molecule has 1 aliphatic rings. The van der Waals surface area contributed by atoms with Gasteiger partial charge < -0.3 is 9.72 Å². The molecule has 140 valence electrons. The number of aromatic amines is 1. The van der Waals surface area contributed by atoms with Crippen molar-refractivity contribution in [2.24, 2.45) is 0 Å². The van der Waals surface area contributed by atoms with Crippen LogP contribution in [-0.4, -0.2) is 12.1 Å². The molecule has 0 bridgehead atoms. The van der Waals surface area contributed by atoms with Crippen molar-refractivity contribution in [2.45, 2.75) is 20.3 Å². The Labute approximate surface area is 165 Å². The summed E-state index contributed by atoms with van der Waals surface area (Å²) in [6.45, 7) is 4.16. The summed E-state index contributed by atoms with van der Waals surface area (Å²) in [5.41, 5.74) is 6.03. The third-order valence-electron chi connectivity index (χ3n) is 5.21. The monoisotopic (exact) mass is 367 g/mol. The zero-order valence-corrected chi connectivity index (χ0v) is 16.6. The molecule has 0 saturated carbocycles. The number of rotatable bonds is 4. The highest BCUT2D eigenvalue weighted by atomic mass is 16.5. The Morgan fingerprint density at radius 1 is 1.04 bits per heavy atom. The number of ether oxygens (including phenoxy) is 1. The first kappa shape index (κ1) is 18.1. The number of hydrogen-bond donors (Lipinski definition) is 1. The fourth-order valence-corrected chi connectivity index (χ4v) is 3.87. The van der Waals surface area contributed by atoms with Gasteiger partial charge in [-0.1, -0.05) is 54.6 Å². The highest BCUT2D eigenvalue weighted by Gasteiger charge is 2.13. The number of fused-ring (bicyclic) bond motifs is 3. The number of nitrogens with one attached hydrogen (secondary N) is 1. The minimum absolute atomic E-state index is 0.853. The van der Waals surface area contributed by atoms with Crippen LogP contribution in [-0.2, 0) is 4.74 Å². The van der Waals surface area contributed by atoms with Gasteiger partial charge in [-0.15, -0.1) is 0 Å². The van der Waals surface area contributed by atoms with Crippen LogP contribution < -0.4 is 10.6 Å². The summed E-state index contributed by atoms with van der Waals surface area (Å²) in [4.78, 5) is 3.65. The van der Waals surface area contributed by atoms with Gasteiger partial charge in [0.15, 0.2) is 0 Å². The lowest BCUT2D eigenvalue weighted by Crippen LogP contribution is -2.22. The van der Waals surface area contributed by atoms with E-state index < -0.39 is 0 Å². The van der Waals surface area contributed by atoms with E-state index in [9.17, 15) is 0 Å². The van der Waals surface area contributed by atoms with Gasteiger partial charge in [0, 0.05) is 21.5 Å². The van der Waals surface area contributed by atoms with Crippen molar-refractivity contribution in [3.05, 3.63) is 88.7 Å². The quantitative estimate of drug-likeness (QED) is 0.621. The molecular weight excluding hydrogens is 342 g/mol. The zero-order valence-electron chi connectivity index (χ0n) is 16.6. The topological polar surface area (TPSA) is 25.0 Å². The SMILES string of the molecule is C/C=C\C(=C/C)c1cc(-c2ccccc2)cc2[nH]c3c(c12)=CC(OC)=CCC=3. The molecule has 4 rings (SSSR count). The highest BCUT2D eigenvalue weighted by Crippen LogP contribution is 2.30. The van der Waals surface area contributed by atoms with Crippen LogP contribution in [0.3, 0.4) is 0 Å². The third-order valence-corrected chi connectivity index (χ3v) is 5.21. The van der Waals surface area contributed by atoms with Crippen LogP contribution in [0.15, 0.2) is 72.5 Å². The van der Waals surface area contributed by atoms with Crippen LogP contribution in [0.4, 0.5) is 0 Å². The maximum Gasteiger partial charge on any atom is 0.115 e. The van der Waals surface area contributed by atoms with Crippen molar-refractivity contribution in [1.29, 1.82) is 0 Å². The van der Waals surface area contributed by atoms with Gasteiger partial charge in [0.2, 0.25) is 0 Å². The highest BCUT2D eigenvalue weighted by molar-refractivity contribution is 5.99. The van der Waals surface area contributed by atoms with Gasteiger partial charge in [0.05, 0.1) is 7.11 Å².